The van der Waals surface area contributed by atoms with Crippen LogP contribution >= 0.6 is 0 Å². The summed E-state index contributed by atoms with van der Waals surface area (Å²) in [7, 11) is 0. The van der Waals surface area contributed by atoms with Crippen molar-refractivity contribution in [2.45, 2.75) is 34.6 Å². The summed E-state index contributed by atoms with van der Waals surface area (Å²) in [4.78, 5) is 21.3. The van der Waals surface area contributed by atoms with Crippen LogP contribution in [0.1, 0.15) is 30.8 Å². The van der Waals surface area contributed by atoms with Crippen LogP contribution in [0, 0.1) is 20.8 Å². The monoisotopic (exact) mass is 335 g/mol. The molecule has 25 heavy (non-hydrogen) atoms. The van der Waals surface area contributed by atoms with E-state index in [1.807, 2.05) is 75.7 Å². The van der Waals surface area contributed by atoms with Crippen LogP contribution in [0.5, 0.6) is 0 Å². The Morgan fingerprint density at radius 3 is 2.52 bits per heavy atom. The van der Waals surface area contributed by atoms with Crippen molar-refractivity contribution in [2.24, 2.45) is 0 Å². The number of fused-ring (bicyclic) bond motifs is 2. The first-order valence-corrected chi connectivity index (χ1v) is 8.39. The lowest BCUT2D eigenvalue weighted by molar-refractivity contribution is 0.563. The molecule has 0 unspecified atom stereocenters. The van der Waals surface area contributed by atoms with Crippen molar-refractivity contribution in [3.63, 3.8) is 0 Å². The number of aromatic nitrogens is 3. The Labute approximate surface area is 146 Å². The minimum atomic E-state index is -0.381. The van der Waals surface area contributed by atoms with E-state index >= 15 is 0 Å². The standard InChI is InChI=1S/C18H15N3O2.C2H6/c1-10-4-5-13-7-14(18(22)23-16(13)6-10)15-9-21-8-11(2)19-12(3)17(21)20-15;1-2/h4-9H,1-3H3;1-2H3. The summed E-state index contributed by atoms with van der Waals surface area (Å²) in [5.74, 6) is 0. The lowest BCUT2D eigenvalue weighted by atomic mass is 10.1. The number of benzene rings is 1. The van der Waals surface area contributed by atoms with Gasteiger partial charge in [0.25, 0.3) is 0 Å². The van der Waals surface area contributed by atoms with Gasteiger partial charge < -0.3 is 8.82 Å². The molecule has 1 aromatic carbocycles. The quantitative estimate of drug-likeness (QED) is 0.482. The molecule has 5 nitrogen and oxygen atoms in total. The van der Waals surface area contributed by atoms with Gasteiger partial charge in [0.05, 0.1) is 22.6 Å². The molecule has 0 atom stereocenters. The molecule has 0 saturated carbocycles. The van der Waals surface area contributed by atoms with E-state index in [2.05, 4.69) is 9.97 Å². The zero-order valence-electron chi connectivity index (χ0n) is 15.1. The topological polar surface area (TPSA) is 60.4 Å². The first-order chi connectivity index (χ1) is 12.0. The fourth-order valence-corrected chi connectivity index (χ4v) is 2.83. The fraction of sp³-hybridized carbons (Fsp3) is 0.250. The van der Waals surface area contributed by atoms with Crippen molar-refractivity contribution >= 4 is 16.6 Å². The largest absolute Gasteiger partial charge is 0.422 e. The summed E-state index contributed by atoms with van der Waals surface area (Å²) in [6.45, 7) is 9.80. The molecule has 0 N–H and O–H groups in total. The molecule has 0 fully saturated rings. The summed E-state index contributed by atoms with van der Waals surface area (Å²) >= 11 is 0. The molecule has 4 rings (SSSR count). The highest BCUT2D eigenvalue weighted by Gasteiger charge is 2.13. The molecule has 5 heteroatoms. The third kappa shape index (κ3) is 3.05. The lowest BCUT2D eigenvalue weighted by Crippen LogP contribution is -2.02. The Bertz CT molecular complexity index is 1120. The molecule has 0 aliphatic carbocycles. The maximum atomic E-state index is 12.3. The Balaban J connectivity index is 0.000000880. The summed E-state index contributed by atoms with van der Waals surface area (Å²) in [6, 6.07) is 7.64. The van der Waals surface area contributed by atoms with Gasteiger partial charge in [-0.15, -0.1) is 0 Å². The number of hydrogen-bond donors (Lipinski definition) is 0. The Morgan fingerprint density at radius 2 is 1.76 bits per heavy atom. The lowest BCUT2D eigenvalue weighted by Gasteiger charge is -2.00. The summed E-state index contributed by atoms with van der Waals surface area (Å²) < 4.78 is 7.35. The van der Waals surface area contributed by atoms with Crippen molar-refractivity contribution in [1.82, 2.24) is 14.4 Å². The molecule has 0 amide bonds. The number of imidazole rings is 1. The Hall–Kier alpha value is -2.95. The van der Waals surface area contributed by atoms with E-state index in [1.165, 1.54) is 0 Å². The van der Waals surface area contributed by atoms with Crippen LogP contribution in [0.2, 0.25) is 0 Å². The molecule has 0 saturated heterocycles. The van der Waals surface area contributed by atoms with Crippen molar-refractivity contribution in [3.05, 3.63) is 64.0 Å². The van der Waals surface area contributed by atoms with Crippen molar-refractivity contribution in [1.29, 1.82) is 0 Å². The summed E-state index contributed by atoms with van der Waals surface area (Å²) in [5, 5.41) is 0.883. The van der Waals surface area contributed by atoms with Crippen molar-refractivity contribution in [2.75, 3.05) is 0 Å². The third-order valence-corrected chi connectivity index (χ3v) is 3.89. The van der Waals surface area contributed by atoms with E-state index in [0.717, 1.165) is 28.0 Å². The molecule has 3 heterocycles. The maximum Gasteiger partial charge on any atom is 0.345 e. The van der Waals surface area contributed by atoms with Gasteiger partial charge in [-0.05, 0) is 38.5 Å². The van der Waals surface area contributed by atoms with Crippen LogP contribution in [-0.4, -0.2) is 14.4 Å². The molecule has 0 bridgehead atoms. The highest BCUT2D eigenvalue weighted by Crippen LogP contribution is 2.22. The SMILES string of the molecule is CC.Cc1ccc2cc(-c3cn4cc(C)nc(C)c4n3)c(=O)oc2c1. The molecule has 0 aliphatic rings. The van der Waals surface area contributed by atoms with E-state index in [4.69, 9.17) is 4.42 Å². The second kappa shape index (κ2) is 6.51. The van der Waals surface area contributed by atoms with Crippen LogP contribution in [0.3, 0.4) is 0 Å². The summed E-state index contributed by atoms with van der Waals surface area (Å²) in [6.07, 6.45) is 3.73. The van der Waals surface area contributed by atoms with E-state index in [1.54, 1.807) is 0 Å². The first kappa shape index (κ1) is 16.9. The number of aryl methyl sites for hydroxylation is 3. The van der Waals surface area contributed by atoms with Gasteiger partial charge in [-0.1, -0.05) is 26.0 Å². The van der Waals surface area contributed by atoms with E-state index in [-0.39, 0.29) is 5.63 Å². The first-order valence-electron chi connectivity index (χ1n) is 8.39. The van der Waals surface area contributed by atoms with Gasteiger partial charge >= 0.3 is 5.63 Å². The maximum absolute atomic E-state index is 12.3. The zero-order valence-corrected chi connectivity index (χ0v) is 15.1. The van der Waals surface area contributed by atoms with Gasteiger partial charge in [0, 0.05) is 17.8 Å². The van der Waals surface area contributed by atoms with Gasteiger partial charge in [-0.25, -0.2) is 9.78 Å². The minimum Gasteiger partial charge on any atom is -0.422 e. The van der Waals surface area contributed by atoms with E-state index in [9.17, 15) is 4.79 Å². The number of nitrogens with zero attached hydrogens (tertiary/aromatic N) is 3. The Kier molecular flexibility index (Phi) is 4.40. The van der Waals surface area contributed by atoms with Gasteiger partial charge in [0.1, 0.15) is 5.58 Å². The van der Waals surface area contributed by atoms with Gasteiger partial charge in [-0.3, -0.25) is 4.98 Å². The van der Waals surface area contributed by atoms with Crippen molar-refractivity contribution < 1.29 is 4.42 Å². The smallest absolute Gasteiger partial charge is 0.345 e. The summed E-state index contributed by atoms with van der Waals surface area (Å²) in [5.41, 5.74) is 4.80. The average Bonchev–Trinajstić information content (AvgIpc) is 3.00. The molecular weight excluding hydrogens is 314 g/mol. The molecule has 0 spiro atoms. The van der Waals surface area contributed by atoms with Gasteiger partial charge in [0.2, 0.25) is 0 Å². The fourth-order valence-electron chi connectivity index (χ4n) is 2.83. The molecular formula is C20H21N3O2. The molecule has 4 aromatic rings. The van der Waals surface area contributed by atoms with E-state index < -0.39 is 0 Å². The van der Waals surface area contributed by atoms with Crippen LogP contribution in [-0.2, 0) is 0 Å². The van der Waals surface area contributed by atoms with Crippen LogP contribution in [0.15, 0.2) is 45.9 Å². The minimum absolute atomic E-state index is 0.381. The van der Waals surface area contributed by atoms with Crippen LogP contribution in [0.25, 0.3) is 27.9 Å². The zero-order chi connectivity index (χ0) is 18.1. The van der Waals surface area contributed by atoms with E-state index in [0.29, 0.717) is 16.8 Å². The third-order valence-electron chi connectivity index (χ3n) is 3.89. The predicted octanol–water partition coefficient (Wildman–Crippen LogP) is 4.45. The normalized spacial score (nSPS) is 10.8. The van der Waals surface area contributed by atoms with Gasteiger partial charge in [0.15, 0.2) is 5.65 Å². The number of rotatable bonds is 1. The number of hydrogen-bond acceptors (Lipinski definition) is 4. The molecule has 0 aliphatic heterocycles. The van der Waals surface area contributed by atoms with Crippen LogP contribution < -0.4 is 5.63 Å². The highest BCUT2D eigenvalue weighted by atomic mass is 16.4. The second-order valence-electron chi connectivity index (χ2n) is 5.81. The van der Waals surface area contributed by atoms with Crippen LogP contribution in [0.4, 0.5) is 0 Å². The Morgan fingerprint density at radius 1 is 1.00 bits per heavy atom. The second-order valence-corrected chi connectivity index (χ2v) is 5.81. The molecule has 128 valence electrons. The highest BCUT2D eigenvalue weighted by molar-refractivity contribution is 5.81. The molecule has 0 radical (unpaired) electrons. The van der Waals surface area contributed by atoms with Gasteiger partial charge in [-0.2, -0.15) is 0 Å². The van der Waals surface area contributed by atoms with Crippen molar-refractivity contribution in [3.8, 4) is 11.3 Å². The predicted molar refractivity (Wildman–Crippen MR) is 100 cm³/mol. The molecule has 3 aromatic heterocycles. The average molecular weight is 335 g/mol.